The van der Waals surface area contributed by atoms with Gasteiger partial charge in [-0.1, -0.05) is 24.3 Å². The van der Waals surface area contributed by atoms with E-state index in [2.05, 4.69) is 4.90 Å². The predicted molar refractivity (Wildman–Crippen MR) is 83.8 cm³/mol. The molecule has 0 bridgehead atoms. The van der Waals surface area contributed by atoms with Crippen LogP contribution >= 0.6 is 0 Å². The summed E-state index contributed by atoms with van der Waals surface area (Å²) in [6.07, 6.45) is 0. The topological polar surface area (TPSA) is 38.5 Å². The van der Waals surface area contributed by atoms with Crippen molar-refractivity contribution < 1.29 is 9.13 Å². The van der Waals surface area contributed by atoms with Crippen molar-refractivity contribution in [2.24, 2.45) is 0 Å². The van der Waals surface area contributed by atoms with E-state index in [1.807, 2.05) is 44.3 Å². The minimum Gasteiger partial charge on any atom is -0.492 e. The van der Waals surface area contributed by atoms with Crippen LogP contribution in [0.1, 0.15) is 18.5 Å². The number of nitrogens with two attached hydrogens (primary N) is 1. The average molecular weight is 288 g/mol. The first-order valence-corrected chi connectivity index (χ1v) is 7.01. The highest BCUT2D eigenvalue weighted by Crippen LogP contribution is 2.21. The SMILES string of the molecule is CC(c1ccccc1F)N(C)CCOc1cccc(N)c1. The van der Waals surface area contributed by atoms with Crippen LogP contribution in [0.15, 0.2) is 48.5 Å². The fourth-order valence-corrected chi connectivity index (χ4v) is 2.16. The minimum absolute atomic E-state index is 0.00403. The smallest absolute Gasteiger partial charge is 0.127 e. The maximum atomic E-state index is 13.8. The fraction of sp³-hybridized carbons (Fsp3) is 0.294. The summed E-state index contributed by atoms with van der Waals surface area (Å²) in [4.78, 5) is 2.06. The lowest BCUT2D eigenvalue weighted by Crippen LogP contribution is -2.27. The molecule has 2 N–H and O–H groups in total. The van der Waals surface area contributed by atoms with E-state index in [4.69, 9.17) is 10.5 Å². The predicted octanol–water partition coefficient (Wildman–Crippen LogP) is 3.48. The lowest BCUT2D eigenvalue weighted by atomic mass is 10.1. The van der Waals surface area contributed by atoms with Crippen LogP contribution in [0.2, 0.25) is 0 Å². The molecule has 1 unspecified atom stereocenters. The molecule has 0 aliphatic heterocycles. The molecule has 0 radical (unpaired) electrons. The van der Waals surface area contributed by atoms with Crippen LogP contribution in [-0.4, -0.2) is 25.1 Å². The molecule has 2 aromatic carbocycles. The molecule has 112 valence electrons. The third kappa shape index (κ3) is 4.20. The Labute approximate surface area is 125 Å². The van der Waals surface area contributed by atoms with Gasteiger partial charge in [0.05, 0.1) is 0 Å². The summed E-state index contributed by atoms with van der Waals surface area (Å²) in [6, 6.07) is 14.2. The van der Waals surface area contributed by atoms with Gasteiger partial charge in [0.15, 0.2) is 0 Å². The zero-order valence-corrected chi connectivity index (χ0v) is 12.4. The number of benzene rings is 2. The van der Waals surface area contributed by atoms with Crippen molar-refractivity contribution in [3.63, 3.8) is 0 Å². The molecule has 0 spiro atoms. The standard InChI is InChI=1S/C17H21FN2O/c1-13(16-8-3-4-9-17(16)18)20(2)10-11-21-15-7-5-6-14(19)12-15/h3-9,12-13H,10-11,19H2,1-2H3. The molecule has 0 aliphatic carbocycles. The Kier molecular flexibility index (Phi) is 5.17. The van der Waals surface area contributed by atoms with Crippen molar-refractivity contribution in [3.05, 3.63) is 59.9 Å². The van der Waals surface area contributed by atoms with E-state index in [1.165, 1.54) is 6.07 Å². The number of hydrogen-bond donors (Lipinski definition) is 1. The summed E-state index contributed by atoms with van der Waals surface area (Å²) >= 11 is 0. The van der Waals surface area contributed by atoms with Gasteiger partial charge in [-0.25, -0.2) is 4.39 Å². The molecular formula is C17H21FN2O. The van der Waals surface area contributed by atoms with E-state index in [0.717, 1.165) is 5.75 Å². The maximum Gasteiger partial charge on any atom is 0.127 e. The first-order valence-electron chi connectivity index (χ1n) is 7.01. The Bertz CT molecular complexity index is 589. The molecule has 3 nitrogen and oxygen atoms in total. The Balaban J connectivity index is 1.87. The van der Waals surface area contributed by atoms with Crippen molar-refractivity contribution in [2.75, 3.05) is 25.9 Å². The van der Waals surface area contributed by atoms with Crippen LogP contribution in [0.25, 0.3) is 0 Å². The fourth-order valence-electron chi connectivity index (χ4n) is 2.16. The molecule has 2 aromatic rings. The Morgan fingerprint density at radius 1 is 1.19 bits per heavy atom. The van der Waals surface area contributed by atoms with Gasteiger partial charge in [-0.2, -0.15) is 0 Å². The quantitative estimate of drug-likeness (QED) is 0.827. The van der Waals surface area contributed by atoms with E-state index in [0.29, 0.717) is 24.4 Å². The lowest BCUT2D eigenvalue weighted by Gasteiger charge is -2.25. The van der Waals surface area contributed by atoms with Crippen LogP contribution in [0.5, 0.6) is 5.75 Å². The number of hydrogen-bond acceptors (Lipinski definition) is 3. The Morgan fingerprint density at radius 2 is 1.95 bits per heavy atom. The second-order valence-electron chi connectivity index (χ2n) is 5.10. The van der Waals surface area contributed by atoms with Gasteiger partial charge in [0.2, 0.25) is 0 Å². The maximum absolute atomic E-state index is 13.8. The van der Waals surface area contributed by atoms with Crippen LogP contribution in [0.3, 0.4) is 0 Å². The normalized spacial score (nSPS) is 12.4. The zero-order chi connectivity index (χ0) is 15.2. The first kappa shape index (κ1) is 15.3. The van der Waals surface area contributed by atoms with E-state index >= 15 is 0 Å². The number of halogens is 1. The van der Waals surface area contributed by atoms with Gasteiger partial charge in [-0.05, 0) is 32.2 Å². The lowest BCUT2D eigenvalue weighted by molar-refractivity contribution is 0.198. The van der Waals surface area contributed by atoms with Gasteiger partial charge in [0, 0.05) is 29.9 Å². The summed E-state index contributed by atoms with van der Waals surface area (Å²) in [6.45, 7) is 3.21. The molecule has 0 amide bonds. The highest BCUT2D eigenvalue weighted by atomic mass is 19.1. The molecule has 21 heavy (non-hydrogen) atoms. The summed E-state index contributed by atoms with van der Waals surface area (Å²) in [5.41, 5.74) is 7.08. The highest BCUT2D eigenvalue weighted by Gasteiger charge is 2.14. The third-order valence-electron chi connectivity index (χ3n) is 3.59. The molecule has 1 atom stereocenters. The van der Waals surface area contributed by atoms with Gasteiger partial charge in [-0.3, -0.25) is 4.90 Å². The summed E-state index contributed by atoms with van der Waals surface area (Å²) in [5, 5.41) is 0. The van der Waals surface area contributed by atoms with Crippen molar-refractivity contribution in [3.8, 4) is 5.75 Å². The largest absolute Gasteiger partial charge is 0.492 e. The van der Waals surface area contributed by atoms with Gasteiger partial charge in [0.25, 0.3) is 0 Å². The number of nitrogens with zero attached hydrogens (tertiary/aromatic N) is 1. The van der Waals surface area contributed by atoms with Crippen LogP contribution in [0, 0.1) is 5.82 Å². The molecule has 0 aliphatic rings. The van der Waals surface area contributed by atoms with Crippen LogP contribution in [0.4, 0.5) is 10.1 Å². The molecule has 4 heteroatoms. The van der Waals surface area contributed by atoms with Crippen LogP contribution < -0.4 is 10.5 Å². The molecule has 0 heterocycles. The van der Waals surface area contributed by atoms with E-state index in [9.17, 15) is 4.39 Å². The number of anilines is 1. The summed E-state index contributed by atoms with van der Waals surface area (Å²) in [7, 11) is 1.96. The number of ether oxygens (including phenoxy) is 1. The molecule has 0 aromatic heterocycles. The second kappa shape index (κ2) is 7.09. The molecule has 0 saturated heterocycles. The first-order chi connectivity index (χ1) is 10.1. The zero-order valence-electron chi connectivity index (χ0n) is 12.4. The van der Waals surface area contributed by atoms with Crippen molar-refractivity contribution in [1.29, 1.82) is 0 Å². The Hall–Kier alpha value is -2.07. The van der Waals surface area contributed by atoms with E-state index < -0.39 is 0 Å². The van der Waals surface area contributed by atoms with Crippen LogP contribution in [-0.2, 0) is 0 Å². The molecule has 0 fully saturated rings. The minimum atomic E-state index is -0.173. The second-order valence-corrected chi connectivity index (χ2v) is 5.10. The van der Waals surface area contributed by atoms with Gasteiger partial charge < -0.3 is 10.5 Å². The number of likely N-dealkylation sites (N-methyl/N-ethyl adjacent to an activating group) is 1. The third-order valence-corrected chi connectivity index (χ3v) is 3.59. The van der Waals surface area contributed by atoms with Gasteiger partial charge in [0.1, 0.15) is 18.2 Å². The van der Waals surface area contributed by atoms with Crippen molar-refractivity contribution >= 4 is 5.69 Å². The number of rotatable bonds is 6. The highest BCUT2D eigenvalue weighted by molar-refractivity contribution is 5.43. The van der Waals surface area contributed by atoms with Crippen molar-refractivity contribution in [1.82, 2.24) is 4.90 Å². The summed E-state index contributed by atoms with van der Waals surface area (Å²) in [5.74, 6) is 0.579. The average Bonchev–Trinajstić information content (AvgIpc) is 2.47. The van der Waals surface area contributed by atoms with Gasteiger partial charge >= 0.3 is 0 Å². The molecule has 0 saturated carbocycles. The Morgan fingerprint density at radius 3 is 2.67 bits per heavy atom. The summed E-state index contributed by atoms with van der Waals surface area (Å²) < 4.78 is 19.4. The number of nitrogen functional groups attached to an aromatic ring is 1. The molecular weight excluding hydrogens is 267 g/mol. The molecule has 2 rings (SSSR count). The van der Waals surface area contributed by atoms with E-state index in [1.54, 1.807) is 12.1 Å². The van der Waals surface area contributed by atoms with E-state index in [-0.39, 0.29) is 11.9 Å². The monoisotopic (exact) mass is 288 g/mol. The van der Waals surface area contributed by atoms with Crippen molar-refractivity contribution in [2.45, 2.75) is 13.0 Å². The van der Waals surface area contributed by atoms with Gasteiger partial charge in [-0.15, -0.1) is 0 Å².